The molecule has 0 aliphatic heterocycles. The van der Waals surface area contributed by atoms with E-state index in [4.69, 9.17) is 10.5 Å². The molecule has 2 aromatic heterocycles. The molecule has 0 fully saturated rings. The van der Waals surface area contributed by atoms with Crippen molar-refractivity contribution in [1.29, 1.82) is 0 Å². The lowest BCUT2D eigenvalue weighted by atomic mass is 10.2. The third kappa shape index (κ3) is 3.16. The molecular weight excluding hydrogens is 302 g/mol. The number of ether oxygens (including phenoxy) is 1. The SMILES string of the molecule is COCCC(N)c1ncc(-c2cc(Br)cs2)[nH]1. The summed E-state index contributed by atoms with van der Waals surface area (Å²) in [6.07, 6.45) is 2.58. The van der Waals surface area contributed by atoms with Crippen LogP contribution in [0.4, 0.5) is 0 Å². The normalized spacial score (nSPS) is 12.9. The van der Waals surface area contributed by atoms with Crippen LogP contribution in [0.1, 0.15) is 18.3 Å². The summed E-state index contributed by atoms with van der Waals surface area (Å²) in [5.41, 5.74) is 7.00. The van der Waals surface area contributed by atoms with E-state index in [9.17, 15) is 0 Å². The van der Waals surface area contributed by atoms with E-state index in [0.717, 1.165) is 27.3 Å². The number of methoxy groups -OCH3 is 1. The van der Waals surface area contributed by atoms with E-state index in [1.54, 1.807) is 18.4 Å². The van der Waals surface area contributed by atoms with E-state index >= 15 is 0 Å². The topological polar surface area (TPSA) is 63.9 Å². The van der Waals surface area contributed by atoms with Gasteiger partial charge in [0.25, 0.3) is 0 Å². The third-order valence-corrected chi connectivity index (χ3v) is 4.14. The number of nitrogens with zero attached hydrogens (tertiary/aromatic N) is 1. The van der Waals surface area contributed by atoms with Crippen LogP contribution in [0, 0.1) is 0 Å². The molecule has 0 saturated carbocycles. The molecule has 0 amide bonds. The lowest BCUT2D eigenvalue weighted by Crippen LogP contribution is -2.14. The maximum absolute atomic E-state index is 6.00. The largest absolute Gasteiger partial charge is 0.385 e. The smallest absolute Gasteiger partial charge is 0.123 e. The molecule has 0 aromatic carbocycles. The van der Waals surface area contributed by atoms with Crippen molar-refractivity contribution in [2.45, 2.75) is 12.5 Å². The van der Waals surface area contributed by atoms with Crippen molar-refractivity contribution in [3.63, 3.8) is 0 Å². The van der Waals surface area contributed by atoms with Gasteiger partial charge in [-0.3, -0.25) is 0 Å². The summed E-state index contributed by atoms with van der Waals surface area (Å²) < 4.78 is 6.08. The van der Waals surface area contributed by atoms with Crippen LogP contribution in [0.15, 0.2) is 22.1 Å². The van der Waals surface area contributed by atoms with Gasteiger partial charge in [0.15, 0.2) is 0 Å². The summed E-state index contributed by atoms with van der Waals surface area (Å²) in [6.45, 7) is 0.641. The van der Waals surface area contributed by atoms with E-state index in [1.165, 1.54) is 0 Å². The number of thiophene rings is 1. The predicted octanol–water partition coefficient (Wildman–Crippen LogP) is 2.94. The molecule has 17 heavy (non-hydrogen) atoms. The van der Waals surface area contributed by atoms with Crippen molar-refractivity contribution in [3.05, 3.63) is 27.9 Å². The van der Waals surface area contributed by atoms with Gasteiger partial charge in [-0.05, 0) is 28.4 Å². The van der Waals surface area contributed by atoms with Crippen molar-refractivity contribution >= 4 is 27.3 Å². The molecule has 1 atom stereocenters. The molecule has 2 aromatic rings. The monoisotopic (exact) mass is 315 g/mol. The van der Waals surface area contributed by atoms with Crippen LogP contribution in [0.5, 0.6) is 0 Å². The molecule has 4 nitrogen and oxygen atoms in total. The standard InChI is InChI=1S/C11H14BrN3OS/c1-16-3-2-8(13)11-14-5-9(15-11)10-4-7(12)6-17-10/h4-6,8H,2-3,13H2,1H3,(H,14,15). The average molecular weight is 316 g/mol. The number of rotatable bonds is 5. The van der Waals surface area contributed by atoms with Crippen LogP contribution in [-0.4, -0.2) is 23.7 Å². The Labute approximate surface area is 112 Å². The molecule has 3 N–H and O–H groups in total. The molecular formula is C11H14BrN3OS. The molecule has 2 rings (SSSR count). The van der Waals surface area contributed by atoms with Gasteiger partial charge in [0.05, 0.1) is 22.8 Å². The first-order valence-electron chi connectivity index (χ1n) is 5.24. The van der Waals surface area contributed by atoms with Gasteiger partial charge in [-0.2, -0.15) is 0 Å². The zero-order valence-electron chi connectivity index (χ0n) is 9.44. The van der Waals surface area contributed by atoms with Crippen molar-refractivity contribution in [3.8, 4) is 10.6 Å². The second kappa shape index (κ2) is 5.77. The Kier molecular flexibility index (Phi) is 4.33. The summed E-state index contributed by atoms with van der Waals surface area (Å²) in [7, 11) is 1.67. The second-order valence-corrected chi connectivity index (χ2v) is 5.53. The molecule has 0 bridgehead atoms. The number of imidazole rings is 1. The summed E-state index contributed by atoms with van der Waals surface area (Å²) in [5.74, 6) is 0.807. The Hall–Kier alpha value is -0.690. The number of nitrogens with two attached hydrogens (primary N) is 1. The number of nitrogens with one attached hydrogen (secondary N) is 1. The highest BCUT2D eigenvalue weighted by molar-refractivity contribution is 9.10. The molecule has 6 heteroatoms. The van der Waals surface area contributed by atoms with Gasteiger partial charge in [0.1, 0.15) is 5.82 Å². The van der Waals surface area contributed by atoms with Gasteiger partial charge < -0.3 is 15.5 Å². The minimum atomic E-state index is -0.105. The van der Waals surface area contributed by atoms with Crippen LogP contribution in [-0.2, 0) is 4.74 Å². The summed E-state index contributed by atoms with van der Waals surface area (Å²) >= 11 is 5.10. The zero-order chi connectivity index (χ0) is 12.3. The Morgan fingerprint density at radius 1 is 1.65 bits per heavy atom. The lowest BCUT2D eigenvalue weighted by molar-refractivity contribution is 0.187. The molecule has 2 heterocycles. The van der Waals surface area contributed by atoms with Crippen LogP contribution >= 0.6 is 27.3 Å². The first kappa shape index (κ1) is 12.8. The Morgan fingerprint density at radius 3 is 3.12 bits per heavy atom. The average Bonchev–Trinajstić information content (AvgIpc) is 2.93. The van der Waals surface area contributed by atoms with Crippen molar-refractivity contribution in [1.82, 2.24) is 9.97 Å². The fourth-order valence-corrected chi connectivity index (χ4v) is 2.88. The predicted molar refractivity (Wildman–Crippen MR) is 73.0 cm³/mol. The fraction of sp³-hybridized carbons (Fsp3) is 0.364. The Morgan fingerprint density at radius 2 is 2.47 bits per heavy atom. The number of aromatic nitrogens is 2. The summed E-state index contributed by atoms with van der Waals surface area (Å²) in [6, 6.07) is 1.95. The molecule has 0 saturated heterocycles. The zero-order valence-corrected chi connectivity index (χ0v) is 11.8. The van der Waals surface area contributed by atoms with Crippen LogP contribution < -0.4 is 5.73 Å². The van der Waals surface area contributed by atoms with E-state index in [1.807, 2.05) is 11.6 Å². The Balaban J connectivity index is 2.10. The van der Waals surface area contributed by atoms with Crippen molar-refractivity contribution < 1.29 is 4.74 Å². The van der Waals surface area contributed by atoms with Gasteiger partial charge in [-0.15, -0.1) is 11.3 Å². The van der Waals surface area contributed by atoms with Crippen LogP contribution in [0.3, 0.4) is 0 Å². The fourth-order valence-electron chi connectivity index (χ4n) is 1.49. The van der Waals surface area contributed by atoms with Crippen molar-refractivity contribution in [2.24, 2.45) is 5.73 Å². The number of hydrogen-bond donors (Lipinski definition) is 2. The highest BCUT2D eigenvalue weighted by atomic mass is 79.9. The molecule has 1 unspecified atom stereocenters. The quantitative estimate of drug-likeness (QED) is 0.891. The first-order valence-corrected chi connectivity index (χ1v) is 6.92. The number of halogens is 1. The van der Waals surface area contributed by atoms with Gasteiger partial charge >= 0.3 is 0 Å². The molecule has 0 radical (unpaired) electrons. The lowest BCUT2D eigenvalue weighted by Gasteiger charge is -2.06. The van der Waals surface area contributed by atoms with Crippen LogP contribution in [0.2, 0.25) is 0 Å². The molecule has 0 aliphatic rings. The van der Waals surface area contributed by atoms with E-state index in [2.05, 4.69) is 32.0 Å². The van der Waals surface area contributed by atoms with Gasteiger partial charge in [0.2, 0.25) is 0 Å². The summed E-state index contributed by atoms with van der Waals surface area (Å²) in [4.78, 5) is 8.71. The molecule has 0 spiro atoms. The van der Waals surface area contributed by atoms with E-state index in [0.29, 0.717) is 6.61 Å². The van der Waals surface area contributed by atoms with Crippen molar-refractivity contribution in [2.75, 3.05) is 13.7 Å². The molecule has 0 aliphatic carbocycles. The maximum atomic E-state index is 6.00. The highest BCUT2D eigenvalue weighted by Gasteiger charge is 2.11. The molecule has 92 valence electrons. The highest BCUT2D eigenvalue weighted by Crippen LogP contribution is 2.29. The minimum absolute atomic E-state index is 0.105. The van der Waals surface area contributed by atoms with Gasteiger partial charge in [-0.25, -0.2) is 4.98 Å². The second-order valence-electron chi connectivity index (χ2n) is 3.70. The van der Waals surface area contributed by atoms with E-state index in [-0.39, 0.29) is 6.04 Å². The van der Waals surface area contributed by atoms with Gasteiger partial charge in [-0.1, -0.05) is 0 Å². The summed E-state index contributed by atoms with van der Waals surface area (Å²) in [5, 5.41) is 2.04. The first-order chi connectivity index (χ1) is 8.20. The number of H-pyrrole nitrogens is 1. The third-order valence-electron chi connectivity index (χ3n) is 2.41. The maximum Gasteiger partial charge on any atom is 0.123 e. The van der Waals surface area contributed by atoms with Crippen LogP contribution in [0.25, 0.3) is 10.6 Å². The minimum Gasteiger partial charge on any atom is -0.385 e. The van der Waals surface area contributed by atoms with E-state index < -0.39 is 0 Å². The number of hydrogen-bond acceptors (Lipinski definition) is 4. The van der Waals surface area contributed by atoms with Gasteiger partial charge in [0, 0.05) is 23.6 Å². The number of aromatic amines is 1. The Bertz CT molecular complexity index is 483.